The molecule has 150 valence electrons. The molecule has 0 bridgehead atoms. The number of nitrogens with zero attached hydrogens (tertiary/aromatic N) is 5. The SMILES string of the molecule is CCC(C)(N=[N+]=[N-])c1cnc(O[C@@H]2CC(S(C)(=O)=O)[C@H]2C)c2cnc(Cl)cc12. The van der Waals surface area contributed by atoms with E-state index in [0.29, 0.717) is 29.3 Å². The van der Waals surface area contributed by atoms with E-state index in [0.717, 1.165) is 10.9 Å². The van der Waals surface area contributed by atoms with E-state index in [9.17, 15) is 8.42 Å². The molecule has 0 amide bonds. The number of rotatable bonds is 6. The zero-order chi connectivity index (χ0) is 20.7. The van der Waals surface area contributed by atoms with Crippen LogP contribution in [0.15, 0.2) is 23.6 Å². The molecule has 0 radical (unpaired) electrons. The first-order chi connectivity index (χ1) is 13.1. The number of hydrogen-bond acceptors (Lipinski definition) is 6. The Bertz CT molecular complexity index is 1070. The van der Waals surface area contributed by atoms with Crippen LogP contribution in [0.2, 0.25) is 5.15 Å². The molecule has 0 aromatic carbocycles. The second-order valence-electron chi connectivity index (χ2n) is 7.47. The summed E-state index contributed by atoms with van der Waals surface area (Å²) in [5, 5.41) is 5.25. The van der Waals surface area contributed by atoms with Gasteiger partial charge < -0.3 is 4.74 Å². The minimum Gasteiger partial charge on any atom is -0.473 e. The van der Waals surface area contributed by atoms with Gasteiger partial charge in [0.1, 0.15) is 11.3 Å². The fraction of sp³-hybridized carbons (Fsp3) is 0.556. The third-order valence-corrected chi connectivity index (χ3v) is 7.61. The fourth-order valence-corrected chi connectivity index (χ4v) is 5.24. The van der Waals surface area contributed by atoms with Crippen LogP contribution in [0.5, 0.6) is 5.88 Å². The van der Waals surface area contributed by atoms with E-state index in [4.69, 9.17) is 21.9 Å². The van der Waals surface area contributed by atoms with Crippen molar-refractivity contribution in [2.75, 3.05) is 6.26 Å². The summed E-state index contributed by atoms with van der Waals surface area (Å²) in [5.41, 5.74) is 8.91. The number of fused-ring (bicyclic) bond motifs is 1. The van der Waals surface area contributed by atoms with Crippen molar-refractivity contribution in [3.8, 4) is 5.88 Å². The summed E-state index contributed by atoms with van der Waals surface area (Å²) in [6.45, 7) is 5.62. The molecule has 4 atom stereocenters. The van der Waals surface area contributed by atoms with Gasteiger partial charge in [-0.1, -0.05) is 30.6 Å². The van der Waals surface area contributed by atoms with Gasteiger partial charge in [0, 0.05) is 35.9 Å². The van der Waals surface area contributed by atoms with Crippen molar-refractivity contribution in [1.29, 1.82) is 0 Å². The Labute approximate surface area is 168 Å². The molecule has 0 saturated heterocycles. The topological polar surface area (TPSA) is 118 Å². The van der Waals surface area contributed by atoms with Crippen molar-refractivity contribution in [3.63, 3.8) is 0 Å². The monoisotopic (exact) mass is 423 g/mol. The van der Waals surface area contributed by atoms with E-state index >= 15 is 0 Å². The van der Waals surface area contributed by atoms with E-state index in [2.05, 4.69) is 20.0 Å². The van der Waals surface area contributed by atoms with Crippen LogP contribution < -0.4 is 4.74 Å². The van der Waals surface area contributed by atoms with E-state index in [-0.39, 0.29) is 12.0 Å². The van der Waals surface area contributed by atoms with E-state index in [1.807, 2.05) is 20.8 Å². The van der Waals surface area contributed by atoms with Gasteiger partial charge in [-0.05, 0) is 35.9 Å². The molecule has 1 fully saturated rings. The first-order valence-corrected chi connectivity index (χ1v) is 11.3. The van der Waals surface area contributed by atoms with Crippen molar-refractivity contribution in [3.05, 3.63) is 39.6 Å². The molecule has 3 rings (SSSR count). The molecule has 2 aromatic rings. The van der Waals surface area contributed by atoms with Crippen LogP contribution in [-0.2, 0) is 15.4 Å². The first kappa shape index (κ1) is 20.6. The van der Waals surface area contributed by atoms with Crippen LogP contribution in [0.1, 0.15) is 39.2 Å². The van der Waals surface area contributed by atoms with Gasteiger partial charge in [-0.3, -0.25) is 0 Å². The number of ether oxygens (including phenoxy) is 1. The first-order valence-electron chi connectivity index (χ1n) is 8.97. The zero-order valence-electron chi connectivity index (χ0n) is 16.1. The van der Waals surface area contributed by atoms with Crippen molar-refractivity contribution >= 4 is 32.2 Å². The maximum absolute atomic E-state index is 11.8. The zero-order valence-corrected chi connectivity index (χ0v) is 17.7. The number of pyridine rings is 2. The molecular weight excluding hydrogens is 402 g/mol. The van der Waals surface area contributed by atoms with Crippen LogP contribution in [0, 0.1) is 5.92 Å². The second-order valence-corrected chi connectivity index (χ2v) is 10.1. The Balaban J connectivity index is 2.03. The quantitative estimate of drug-likeness (QED) is 0.295. The maximum atomic E-state index is 11.8. The molecule has 2 unspecified atom stereocenters. The largest absolute Gasteiger partial charge is 0.473 e. The molecule has 0 N–H and O–H groups in total. The van der Waals surface area contributed by atoms with Crippen LogP contribution in [0.3, 0.4) is 0 Å². The highest BCUT2D eigenvalue weighted by Gasteiger charge is 2.45. The predicted octanol–water partition coefficient (Wildman–Crippen LogP) is 4.42. The third kappa shape index (κ3) is 3.62. The Morgan fingerprint density at radius 3 is 2.68 bits per heavy atom. The van der Waals surface area contributed by atoms with Gasteiger partial charge in [0.2, 0.25) is 5.88 Å². The molecule has 28 heavy (non-hydrogen) atoms. The Hall–Kier alpha value is -2.09. The van der Waals surface area contributed by atoms with E-state index in [1.165, 1.54) is 6.26 Å². The highest BCUT2D eigenvalue weighted by Crippen LogP contribution is 2.40. The van der Waals surface area contributed by atoms with Crippen LogP contribution in [-0.4, -0.2) is 36.0 Å². The summed E-state index contributed by atoms with van der Waals surface area (Å²) >= 11 is 6.11. The molecule has 1 saturated carbocycles. The Morgan fingerprint density at radius 1 is 1.39 bits per heavy atom. The molecule has 2 aromatic heterocycles. The van der Waals surface area contributed by atoms with Gasteiger partial charge >= 0.3 is 0 Å². The second kappa shape index (κ2) is 7.39. The molecule has 8 nitrogen and oxygen atoms in total. The molecule has 0 aliphatic heterocycles. The molecular formula is C18H22ClN5O3S. The highest BCUT2D eigenvalue weighted by molar-refractivity contribution is 7.91. The van der Waals surface area contributed by atoms with Gasteiger partial charge in [-0.2, -0.15) is 0 Å². The molecule has 2 heterocycles. The normalized spacial score (nSPS) is 24.1. The Morgan fingerprint density at radius 2 is 2.11 bits per heavy atom. The molecule has 1 aliphatic rings. The minimum atomic E-state index is -3.10. The van der Waals surface area contributed by atoms with Crippen LogP contribution in [0.4, 0.5) is 0 Å². The summed E-state index contributed by atoms with van der Waals surface area (Å²) in [5.74, 6) is 0.238. The Kier molecular flexibility index (Phi) is 5.44. The lowest BCUT2D eigenvalue weighted by Gasteiger charge is -2.40. The summed E-state index contributed by atoms with van der Waals surface area (Å²) in [7, 11) is -3.10. The summed E-state index contributed by atoms with van der Waals surface area (Å²) in [4.78, 5) is 11.6. The molecule has 0 spiro atoms. The molecule has 1 aliphatic carbocycles. The number of hydrogen-bond donors (Lipinski definition) is 0. The van der Waals surface area contributed by atoms with Gasteiger partial charge in [-0.25, -0.2) is 18.4 Å². The standard InChI is InChI=1S/C18H22ClN5O3S/c1-5-18(3,23-24-20)13-9-22-17(12-8-21-16(19)6-11(12)13)27-14-7-15(10(14)2)28(4,25)26/h6,8-10,14-15H,5,7H2,1-4H3/t10-,14+,15?,18?/m0/s1. The van der Waals surface area contributed by atoms with E-state index < -0.39 is 20.6 Å². The summed E-state index contributed by atoms with van der Waals surface area (Å²) in [6, 6.07) is 1.70. The molecule has 10 heteroatoms. The van der Waals surface area contributed by atoms with Gasteiger partial charge in [0.25, 0.3) is 0 Å². The van der Waals surface area contributed by atoms with Crippen LogP contribution in [0.25, 0.3) is 21.2 Å². The van der Waals surface area contributed by atoms with Gasteiger partial charge in [0.15, 0.2) is 9.84 Å². The van der Waals surface area contributed by atoms with Gasteiger partial charge in [0.05, 0.1) is 16.2 Å². The smallest absolute Gasteiger partial charge is 0.223 e. The van der Waals surface area contributed by atoms with Crippen molar-refractivity contribution in [2.24, 2.45) is 11.0 Å². The summed E-state index contributed by atoms with van der Waals surface area (Å²) in [6.07, 6.45) is 5.21. The fourth-order valence-electron chi connectivity index (χ4n) is 3.59. The van der Waals surface area contributed by atoms with Crippen molar-refractivity contribution in [2.45, 2.75) is 50.5 Å². The number of aromatic nitrogens is 2. The number of halogens is 1. The number of azide groups is 1. The minimum absolute atomic E-state index is 0.129. The van der Waals surface area contributed by atoms with E-state index in [1.54, 1.807) is 18.5 Å². The third-order valence-electron chi connectivity index (χ3n) is 5.69. The predicted molar refractivity (Wildman–Crippen MR) is 108 cm³/mol. The highest BCUT2D eigenvalue weighted by atomic mass is 35.5. The average Bonchev–Trinajstić information content (AvgIpc) is 2.62. The lowest BCUT2D eigenvalue weighted by molar-refractivity contribution is 0.0589. The number of sulfone groups is 1. The maximum Gasteiger partial charge on any atom is 0.223 e. The van der Waals surface area contributed by atoms with Crippen molar-refractivity contribution in [1.82, 2.24) is 9.97 Å². The van der Waals surface area contributed by atoms with Crippen molar-refractivity contribution < 1.29 is 13.2 Å². The van der Waals surface area contributed by atoms with Crippen LogP contribution >= 0.6 is 11.6 Å². The summed E-state index contributed by atoms with van der Waals surface area (Å²) < 4.78 is 29.6. The van der Waals surface area contributed by atoms with Gasteiger partial charge in [-0.15, -0.1) is 0 Å². The average molecular weight is 424 g/mol. The lowest BCUT2D eigenvalue weighted by Crippen LogP contribution is -2.51. The lowest BCUT2D eigenvalue weighted by atomic mass is 9.82.